The molecule has 0 saturated carbocycles. The lowest BCUT2D eigenvalue weighted by atomic mass is 10.2. The summed E-state index contributed by atoms with van der Waals surface area (Å²) in [5, 5.41) is 2.16. The van der Waals surface area contributed by atoms with Crippen LogP contribution in [0, 0.1) is 6.92 Å². The Balaban J connectivity index is 2.26. The van der Waals surface area contributed by atoms with Crippen LogP contribution in [-0.2, 0) is 21.4 Å². The van der Waals surface area contributed by atoms with Gasteiger partial charge in [0.15, 0.2) is 5.13 Å². The second-order valence-corrected chi connectivity index (χ2v) is 6.52. The Kier molecular flexibility index (Phi) is 4.18. The summed E-state index contributed by atoms with van der Waals surface area (Å²) in [5.41, 5.74) is 1.59. The fourth-order valence-electron chi connectivity index (χ4n) is 1.54. The third-order valence-electron chi connectivity index (χ3n) is 2.36. The topological polar surface area (TPSA) is 68.3 Å². The molecule has 0 bridgehead atoms. The van der Waals surface area contributed by atoms with E-state index in [1.54, 1.807) is 30.7 Å². The summed E-state index contributed by atoms with van der Waals surface area (Å²) in [5.74, 6) is 0. The zero-order valence-corrected chi connectivity index (χ0v) is 12.2. The number of aromatic nitrogens is 1. The van der Waals surface area contributed by atoms with Crippen LogP contribution in [0.25, 0.3) is 0 Å². The Morgan fingerprint density at radius 2 is 2.21 bits per heavy atom. The minimum Gasteiger partial charge on any atom is -0.380 e. The molecule has 102 valence electrons. The van der Waals surface area contributed by atoms with E-state index in [1.165, 1.54) is 11.3 Å². The smallest absolute Gasteiger partial charge is 0.263 e. The van der Waals surface area contributed by atoms with Crippen molar-refractivity contribution in [3.05, 3.63) is 40.9 Å². The lowest BCUT2D eigenvalue weighted by Gasteiger charge is -2.07. The van der Waals surface area contributed by atoms with Gasteiger partial charge in [0.1, 0.15) is 0 Å². The highest BCUT2D eigenvalue weighted by Gasteiger charge is 2.16. The standard InChI is InChI=1S/C12H14N2O3S2/c1-9-8-18-12(13-9)14-19(15,16)11-5-3-4-10(6-11)7-17-2/h3-6,8H,7H2,1-2H3,(H,13,14). The van der Waals surface area contributed by atoms with E-state index in [4.69, 9.17) is 4.74 Å². The second-order valence-electron chi connectivity index (χ2n) is 3.98. The maximum Gasteiger partial charge on any atom is 0.263 e. The molecular formula is C12H14N2O3S2. The van der Waals surface area contributed by atoms with Crippen LogP contribution in [0.4, 0.5) is 5.13 Å². The van der Waals surface area contributed by atoms with Gasteiger partial charge in [-0.1, -0.05) is 12.1 Å². The highest BCUT2D eigenvalue weighted by atomic mass is 32.2. The third-order valence-corrected chi connectivity index (χ3v) is 4.70. The molecule has 0 saturated heterocycles. The lowest BCUT2D eigenvalue weighted by Crippen LogP contribution is -2.13. The number of thiazole rings is 1. The number of nitrogens with one attached hydrogen (secondary N) is 1. The molecule has 1 N–H and O–H groups in total. The van der Waals surface area contributed by atoms with Gasteiger partial charge in [-0.25, -0.2) is 13.4 Å². The van der Waals surface area contributed by atoms with Crippen LogP contribution >= 0.6 is 11.3 Å². The molecule has 5 nitrogen and oxygen atoms in total. The van der Waals surface area contributed by atoms with Crippen LogP contribution in [-0.4, -0.2) is 20.5 Å². The second kappa shape index (κ2) is 5.68. The zero-order chi connectivity index (χ0) is 13.9. The first kappa shape index (κ1) is 14.0. The number of aryl methyl sites for hydroxylation is 1. The summed E-state index contributed by atoms with van der Waals surface area (Å²) < 4.78 is 31.8. The number of ether oxygens (including phenoxy) is 1. The van der Waals surface area contributed by atoms with E-state index in [9.17, 15) is 8.42 Å². The Morgan fingerprint density at radius 1 is 1.42 bits per heavy atom. The molecule has 0 aliphatic rings. The molecule has 1 heterocycles. The van der Waals surface area contributed by atoms with Gasteiger partial charge in [0.25, 0.3) is 10.0 Å². The van der Waals surface area contributed by atoms with Gasteiger partial charge < -0.3 is 4.74 Å². The summed E-state index contributed by atoms with van der Waals surface area (Å²) in [4.78, 5) is 4.29. The van der Waals surface area contributed by atoms with Crippen molar-refractivity contribution in [3.8, 4) is 0 Å². The van der Waals surface area contributed by atoms with E-state index < -0.39 is 10.0 Å². The molecular weight excluding hydrogens is 284 g/mol. The van der Waals surface area contributed by atoms with E-state index in [-0.39, 0.29) is 4.90 Å². The van der Waals surface area contributed by atoms with Gasteiger partial charge in [-0.2, -0.15) is 0 Å². The molecule has 19 heavy (non-hydrogen) atoms. The van der Waals surface area contributed by atoms with Crippen molar-refractivity contribution in [2.75, 3.05) is 11.8 Å². The minimum absolute atomic E-state index is 0.204. The van der Waals surface area contributed by atoms with E-state index in [0.29, 0.717) is 11.7 Å². The van der Waals surface area contributed by atoms with E-state index in [0.717, 1.165) is 11.3 Å². The molecule has 0 aliphatic heterocycles. The van der Waals surface area contributed by atoms with Crippen LogP contribution < -0.4 is 4.72 Å². The summed E-state index contributed by atoms with van der Waals surface area (Å²) in [6.45, 7) is 2.19. The monoisotopic (exact) mass is 298 g/mol. The van der Waals surface area contributed by atoms with Gasteiger partial charge in [-0.15, -0.1) is 11.3 Å². The van der Waals surface area contributed by atoms with Gasteiger partial charge in [0.2, 0.25) is 0 Å². The predicted molar refractivity (Wildman–Crippen MR) is 74.8 cm³/mol. The molecule has 2 aromatic rings. The zero-order valence-electron chi connectivity index (χ0n) is 10.6. The molecule has 0 fully saturated rings. The Hall–Kier alpha value is -1.44. The number of rotatable bonds is 5. The molecule has 0 atom stereocenters. The fraction of sp³-hybridized carbons (Fsp3) is 0.250. The van der Waals surface area contributed by atoms with E-state index in [1.807, 2.05) is 13.0 Å². The van der Waals surface area contributed by atoms with Crippen LogP contribution in [0.1, 0.15) is 11.3 Å². The first-order valence-electron chi connectivity index (χ1n) is 5.54. The fourth-order valence-corrected chi connectivity index (χ4v) is 3.55. The van der Waals surface area contributed by atoms with Gasteiger partial charge in [0, 0.05) is 12.5 Å². The van der Waals surface area contributed by atoms with Gasteiger partial charge >= 0.3 is 0 Å². The van der Waals surface area contributed by atoms with Crippen molar-refractivity contribution in [2.24, 2.45) is 0 Å². The first-order chi connectivity index (χ1) is 9.01. The van der Waals surface area contributed by atoms with Crippen molar-refractivity contribution in [2.45, 2.75) is 18.4 Å². The van der Waals surface area contributed by atoms with Crippen LogP contribution in [0.5, 0.6) is 0 Å². The van der Waals surface area contributed by atoms with Crippen molar-refractivity contribution in [1.82, 2.24) is 4.98 Å². The normalized spacial score (nSPS) is 11.5. The summed E-state index contributed by atoms with van der Waals surface area (Å²) in [6, 6.07) is 6.64. The number of sulfonamides is 1. The quantitative estimate of drug-likeness (QED) is 0.920. The SMILES string of the molecule is COCc1cccc(S(=O)(=O)Nc2nc(C)cs2)c1. The molecule has 0 aliphatic carbocycles. The maximum absolute atomic E-state index is 12.2. The number of hydrogen-bond donors (Lipinski definition) is 1. The molecule has 2 rings (SSSR count). The van der Waals surface area contributed by atoms with Crippen LogP contribution in [0.15, 0.2) is 34.5 Å². The highest BCUT2D eigenvalue weighted by Crippen LogP contribution is 2.20. The van der Waals surface area contributed by atoms with Crippen molar-refractivity contribution < 1.29 is 13.2 Å². The van der Waals surface area contributed by atoms with E-state index in [2.05, 4.69) is 9.71 Å². The summed E-state index contributed by atoms with van der Waals surface area (Å²) in [6.07, 6.45) is 0. The number of methoxy groups -OCH3 is 1. The van der Waals surface area contributed by atoms with Gasteiger partial charge in [0.05, 0.1) is 17.2 Å². The van der Waals surface area contributed by atoms with Gasteiger partial charge in [-0.3, -0.25) is 4.72 Å². The molecule has 0 spiro atoms. The van der Waals surface area contributed by atoms with Crippen LogP contribution in [0.2, 0.25) is 0 Å². The van der Waals surface area contributed by atoms with Crippen LogP contribution in [0.3, 0.4) is 0 Å². The van der Waals surface area contributed by atoms with Crippen molar-refractivity contribution >= 4 is 26.5 Å². The molecule has 7 heteroatoms. The Labute approximate surface area is 116 Å². The molecule has 1 aromatic heterocycles. The number of hydrogen-bond acceptors (Lipinski definition) is 5. The molecule has 0 amide bonds. The predicted octanol–water partition coefficient (Wildman–Crippen LogP) is 2.40. The molecule has 0 radical (unpaired) electrons. The molecule has 1 aromatic carbocycles. The first-order valence-corrected chi connectivity index (χ1v) is 7.90. The average molecular weight is 298 g/mol. The lowest BCUT2D eigenvalue weighted by molar-refractivity contribution is 0.184. The highest BCUT2D eigenvalue weighted by molar-refractivity contribution is 7.93. The minimum atomic E-state index is -3.60. The summed E-state index contributed by atoms with van der Waals surface area (Å²) >= 11 is 1.26. The molecule has 0 unspecified atom stereocenters. The Bertz CT molecular complexity index is 665. The van der Waals surface area contributed by atoms with Crippen molar-refractivity contribution in [1.29, 1.82) is 0 Å². The maximum atomic E-state index is 12.2. The third kappa shape index (κ3) is 3.52. The number of anilines is 1. The van der Waals surface area contributed by atoms with Gasteiger partial charge in [-0.05, 0) is 24.6 Å². The largest absolute Gasteiger partial charge is 0.380 e. The average Bonchev–Trinajstić information content (AvgIpc) is 2.75. The van der Waals surface area contributed by atoms with E-state index >= 15 is 0 Å². The summed E-state index contributed by atoms with van der Waals surface area (Å²) in [7, 11) is -2.03. The number of nitrogens with zero attached hydrogens (tertiary/aromatic N) is 1. The number of benzene rings is 1. The Morgan fingerprint density at radius 3 is 2.84 bits per heavy atom. The van der Waals surface area contributed by atoms with Crippen molar-refractivity contribution in [3.63, 3.8) is 0 Å².